The summed E-state index contributed by atoms with van der Waals surface area (Å²) < 4.78 is 11.6. The second kappa shape index (κ2) is 8.06. The molecule has 1 heterocycles. The summed E-state index contributed by atoms with van der Waals surface area (Å²) >= 11 is 3.62. The SMILES string of the molecule is C[C@H](CCC[C@]1(C)O[C@@H](C(C)(C)C)OC1=O)[C@H]1CCC2C(=CBr)CCC[C@@]21C. The summed E-state index contributed by atoms with van der Waals surface area (Å²) in [6, 6.07) is 0. The molecular weight excluding hydrogens is 416 g/mol. The molecule has 0 radical (unpaired) electrons. The molecule has 0 amide bonds. The van der Waals surface area contributed by atoms with Crippen molar-refractivity contribution in [2.24, 2.45) is 28.6 Å². The Morgan fingerprint density at radius 1 is 1.29 bits per heavy atom. The van der Waals surface area contributed by atoms with E-state index in [-0.39, 0.29) is 11.4 Å². The molecule has 2 aliphatic carbocycles. The van der Waals surface area contributed by atoms with Crippen LogP contribution in [0, 0.1) is 28.6 Å². The van der Waals surface area contributed by atoms with Crippen molar-refractivity contribution in [1.29, 1.82) is 0 Å². The number of fused-ring (bicyclic) bond motifs is 1. The van der Waals surface area contributed by atoms with Gasteiger partial charge in [0.15, 0.2) is 5.60 Å². The average Bonchev–Trinajstić information content (AvgIpc) is 3.11. The first-order chi connectivity index (χ1) is 13.0. The van der Waals surface area contributed by atoms with Crippen LogP contribution >= 0.6 is 15.9 Å². The van der Waals surface area contributed by atoms with E-state index in [0.29, 0.717) is 11.3 Å². The van der Waals surface area contributed by atoms with Gasteiger partial charge in [0.2, 0.25) is 6.29 Å². The van der Waals surface area contributed by atoms with Gasteiger partial charge in [-0.3, -0.25) is 0 Å². The summed E-state index contributed by atoms with van der Waals surface area (Å²) in [6.45, 7) is 13.0. The molecule has 3 aliphatic rings. The Bertz CT molecular complexity index is 622. The number of rotatable bonds is 5. The minimum absolute atomic E-state index is 0.185. The molecule has 28 heavy (non-hydrogen) atoms. The number of hydrogen-bond acceptors (Lipinski definition) is 3. The number of halogens is 1. The molecule has 0 aromatic carbocycles. The van der Waals surface area contributed by atoms with Gasteiger partial charge in [-0.1, -0.05) is 62.5 Å². The molecule has 160 valence electrons. The first kappa shape index (κ1) is 22.3. The third kappa shape index (κ3) is 4.10. The quantitative estimate of drug-likeness (QED) is 0.419. The van der Waals surface area contributed by atoms with Crippen LogP contribution in [0.25, 0.3) is 0 Å². The first-order valence-corrected chi connectivity index (χ1v) is 12.1. The zero-order chi connectivity index (χ0) is 20.7. The Hall–Kier alpha value is -0.350. The van der Waals surface area contributed by atoms with Crippen molar-refractivity contribution < 1.29 is 14.3 Å². The Labute approximate surface area is 180 Å². The van der Waals surface area contributed by atoms with E-state index in [1.54, 1.807) is 5.57 Å². The van der Waals surface area contributed by atoms with Gasteiger partial charge >= 0.3 is 5.97 Å². The van der Waals surface area contributed by atoms with Crippen molar-refractivity contribution in [2.75, 3.05) is 0 Å². The summed E-state index contributed by atoms with van der Waals surface area (Å²) in [6.07, 6.45) is 9.11. The van der Waals surface area contributed by atoms with Crippen LogP contribution in [0.3, 0.4) is 0 Å². The van der Waals surface area contributed by atoms with Crippen LogP contribution in [0.1, 0.15) is 92.9 Å². The minimum Gasteiger partial charge on any atom is -0.433 e. The third-order valence-electron chi connectivity index (χ3n) is 7.90. The van der Waals surface area contributed by atoms with Crippen LogP contribution in [0.5, 0.6) is 0 Å². The van der Waals surface area contributed by atoms with Gasteiger partial charge in [-0.15, -0.1) is 0 Å². The normalized spacial score (nSPS) is 41.2. The first-order valence-electron chi connectivity index (χ1n) is 11.2. The highest BCUT2D eigenvalue weighted by Gasteiger charge is 2.52. The number of allylic oxidation sites excluding steroid dienone is 1. The summed E-state index contributed by atoms with van der Waals surface area (Å²) in [7, 11) is 0. The lowest BCUT2D eigenvalue weighted by atomic mass is 9.61. The van der Waals surface area contributed by atoms with Crippen molar-refractivity contribution in [1.82, 2.24) is 0 Å². The molecule has 0 bridgehead atoms. The van der Waals surface area contributed by atoms with E-state index in [2.05, 4.69) is 55.5 Å². The molecule has 1 aliphatic heterocycles. The maximum Gasteiger partial charge on any atom is 0.340 e. The number of hydrogen-bond donors (Lipinski definition) is 0. The fourth-order valence-electron chi connectivity index (χ4n) is 6.15. The highest BCUT2D eigenvalue weighted by Crippen LogP contribution is 2.60. The Morgan fingerprint density at radius 2 is 2.00 bits per heavy atom. The number of carbonyl (C=O) groups is 1. The molecule has 0 N–H and O–H groups in total. The summed E-state index contributed by atoms with van der Waals surface area (Å²) in [5.41, 5.74) is 1.11. The maximum atomic E-state index is 12.4. The number of esters is 1. The predicted molar refractivity (Wildman–Crippen MR) is 117 cm³/mol. The molecule has 3 rings (SSSR count). The van der Waals surface area contributed by atoms with Crippen molar-refractivity contribution in [3.05, 3.63) is 10.6 Å². The maximum absolute atomic E-state index is 12.4. The van der Waals surface area contributed by atoms with E-state index in [4.69, 9.17) is 9.47 Å². The molecule has 3 nitrogen and oxygen atoms in total. The lowest BCUT2D eigenvalue weighted by molar-refractivity contribution is -0.155. The van der Waals surface area contributed by atoms with Gasteiger partial charge in [0.1, 0.15) is 0 Å². The van der Waals surface area contributed by atoms with Gasteiger partial charge in [0.05, 0.1) is 0 Å². The third-order valence-corrected chi connectivity index (χ3v) is 8.49. The van der Waals surface area contributed by atoms with E-state index < -0.39 is 11.9 Å². The minimum atomic E-state index is -0.781. The standard InChI is InChI=1S/C24H39BrO3/c1-16(18-11-12-19-17(15-25)10-8-13-23(18,19)5)9-7-14-24(6)20(26)27-21(28-24)22(2,3)4/h15-16,18-19,21H,7-14H2,1-6H3/t16-,18-,19?,21+,23-,24+/m1/s1. The van der Waals surface area contributed by atoms with Gasteiger partial charge in [-0.25, -0.2) is 4.79 Å². The molecule has 6 atom stereocenters. The van der Waals surface area contributed by atoms with Crippen LogP contribution in [-0.4, -0.2) is 17.9 Å². The van der Waals surface area contributed by atoms with Gasteiger partial charge in [-0.2, -0.15) is 0 Å². The van der Waals surface area contributed by atoms with Crippen molar-refractivity contribution in [3.8, 4) is 0 Å². The van der Waals surface area contributed by atoms with Crippen LogP contribution in [-0.2, 0) is 14.3 Å². The van der Waals surface area contributed by atoms with Gasteiger partial charge in [0, 0.05) is 5.41 Å². The van der Waals surface area contributed by atoms with E-state index in [9.17, 15) is 4.79 Å². The Balaban J connectivity index is 1.56. The number of carbonyl (C=O) groups excluding carboxylic acids is 1. The van der Waals surface area contributed by atoms with E-state index in [1.807, 2.05) is 6.92 Å². The van der Waals surface area contributed by atoms with Crippen LogP contribution in [0.15, 0.2) is 10.6 Å². The molecule has 1 unspecified atom stereocenters. The van der Waals surface area contributed by atoms with Crippen molar-refractivity contribution >= 4 is 21.9 Å². The lowest BCUT2D eigenvalue weighted by Crippen LogP contribution is -2.36. The number of ether oxygens (including phenoxy) is 2. The molecule has 3 fully saturated rings. The molecule has 0 spiro atoms. The smallest absolute Gasteiger partial charge is 0.340 e. The Morgan fingerprint density at radius 3 is 2.61 bits per heavy atom. The summed E-state index contributed by atoms with van der Waals surface area (Å²) in [5.74, 6) is 2.04. The van der Waals surface area contributed by atoms with Crippen molar-refractivity contribution in [2.45, 2.75) is 105 Å². The second-order valence-corrected chi connectivity index (χ2v) is 11.6. The fraction of sp³-hybridized carbons (Fsp3) is 0.875. The van der Waals surface area contributed by atoms with Crippen molar-refractivity contribution in [3.63, 3.8) is 0 Å². The largest absolute Gasteiger partial charge is 0.433 e. The average molecular weight is 455 g/mol. The van der Waals surface area contributed by atoms with Crippen LogP contribution < -0.4 is 0 Å². The van der Waals surface area contributed by atoms with E-state index in [0.717, 1.165) is 31.1 Å². The molecule has 4 heteroatoms. The molecule has 0 aromatic heterocycles. The van der Waals surface area contributed by atoms with Crippen LogP contribution in [0.2, 0.25) is 0 Å². The zero-order valence-corrected chi connectivity index (χ0v) is 20.2. The zero-order valence-electron chi connectivity index (χ0n) is 18.6. The summed E-state index contributed by atoms with van der Waals surface area (Å²) in [4.78, 5) is 14.6. The van der Waals surface area contributed by atoms with E-state index in [1.165, 1.54) is 32.1 Å². The summed E-state index contributed by atoms with van der Waals surface area (Å²) in [5, 5.41) is 0. The monoisotopic (exact) mass is 454 g/mol. The van der Waals surface area contributed by atoms with Gasteiger partial charge in [0.25, 0.3) is 0 Å². The lowest BCUT2D eigenvalue weighted by Gasteiger charge is -2.44. The molecule has 1 saturated heterocycles. The molecule has 0 aromatic rings. The van der Waals surface area contributed by atoms with Gasteiger partial charge in [-0.05, 0) is 80.0 Å². The second-order valence-electron chi connectivity index (χ2n) is 11.1. The fourth-order valence-corrected chi connectivity index (χ4v) is 6.70. The molecular formula is C24H39BrO3. The van der Waals surface area contributed by atoms with Gasteiger partial charge < -0.3 is 9.47 Å². The molecule has 2 saturated carbocycles. The van der Waals surface area contributed by atoms with Crippen LogP contribution in [0.4, 0.5) is 0 Å². The number of cyclic esters (lactones) is 1. The highest BCUT2D eigenvalue weighted by atomic mass is 79.9. The Kier molecular flexibility index (Phi) is 6.43. The predicted octanol–water partition coefficient (Wildman–Crippen LogP) is 6.99. The topological polar surface area (TPSA) is 35.5 Å². The highest BCUT2D eigenvalue weighted by molar-refractivity contribution is 9.11. The van der Waals surface area contributed by atoms with E-state index >= 15 is 0 Å².